The first-order valence-electron chi connectivity index (χ1n) is 6.96. The highest BCUT2D eigenvalue weighted by Crippen LogP contribution is 2.27. The lowest BCUT2D eigenvalue weighted by Crippen LogP contribution is -2.35. The summed E-state index contributed by atoms with van der Waals surface area (Å²) in [5.41, 5.74) is 2.47. The van der Waals surface area contributed by atoms with E-state index in [1.54, 1.807) is 0 Å². The Kier molecular flexibility index (Phi) is 4.80. The molecule has 2 rings (SSSR count). The van der Waals surface area contributed by atoms with Crippen LogP contribution in [-0.2, 0) is 11.2 Å². The average molecular weight is 262 g/mol. The molecule has 0 radical (unpaired) electrons. The highest BCUT2D eigenvalue weighted by molar-refractivity contribution is 5.77. The monoisotopic (exact) mass is 262 g/mol. The van der Waals surface area contributed by atoms with Crippen molar-refractivity contribution in [1.82, 2.24) is 10.6 Å². The quantitative estimate of drug-likeness (QED) is 0.822. The maximum atomic E-state index is 11.5. The summed E-state index contributed by atoms with van der Waals surface area (Å²) in [6.45, 7) is 5.99. The third-order valence-corrected chi connectivity index (χ3v) is 3.35. The van der Waals surface area contributed by atoms with Crippen LogP contribution >= 0.6 is 0 Å². The number of benzene rings is 1. The summed E-state index contributed by atoms with van der Waals surface area (Å²) in [7, 11) is 0. The van der Waals surface area contributed by atoms with Gasteiger partial charge in [0.05, 0.1) is 13.2 Å². The molecule has 1 aliphatic heterocycles. The summed E-state index contributed by atoms with van der Waals surface area (Å²) in [4.78, 5) is 11.5. The molecule has 0 saturated carbocycles. The standard InChI is InChI=1S/C15H22N2O2/c1-3-7-16-15(18)10-17-11(2)12-4-5-14-13(9-12)6-8-19-14/h4-5,9,11,17H,3,6-8,10H2,1-2H3,(H,16,18). The first-order valence-corrected chi connectivity index (χ1v) is 6.96. The fraction of sp³-hybridized carbons (Fsp3) is 0.533. The van der Waals surface area contributed by atoms with Gasteiger partial charge < -0.3 is 15.4 Å². The van der Waals surface area contributed by atoms with Gasteiger partial charge in [0.25, 0.3) is 0 Å². The largest absolute Gasteiger partial charge is 0.493 e. The predicted molar refractivity (Wildman–Crippen MR) is 75.4 cm³/mol. The van der Waals surface area contributed by atoms with Gasteiger partial charge in [0.1, 0.15) is 5.75 Å². The Morgan fingerprint density at radius 3 is 3.11 bits per heavy atom. The molecule has 0 fully saturated rings. The Morgan fingerprint density at radius 1 is 1.47 bits per heavy atom. The van der Waals surface area contributed by atoms with Crippen LogP contribution in [0, 0.1) is 0 Å². The molecule has 1 aromatic rings. The summed E-state index contributed by atoms with van der Waals surface area (Å²) < 4.78 is 5.49. The topological polar surface area (TPSA) is 50.4 Å². The number of amides is 1. The number of hydrogen-bond acceptors (Lipinski definition) is 3. The second-order valence-electron chi connectivity index (χ2n) is 4.92. The molecule has 1 aliphatic rings. The number of hydrogen-bond donors (Lipinski definition) is 2. The zero-order valence-electron chi connectivity index (χ0n) is 11.7. The number of carbonyl (C=O) groups excluding carboxylic acids is 1. The lowest BCUT2D eigenvalue weighted by Gasteiger charge is -2.15. The van der Waals surface area contributed by atoms with E-state index < -0.39 is 0 Å². The van der Waals surface area contributed by atoms with E-state index in [1.165, 1.54) is 11.1 Å². The Morgan fingerprint density at radius 2 is 2.32 bits per heavy atom. The molecule has 4 nitrogen and oxygen atoms in total. The molecule has 104 valence electrons. The lowest BCUT2D eigenvalue weighted by molar-refractivity contribution is -0.120. The van der Waals surface area contributed by atoms with Gasteiger partial charge in [-0.1, -0.05) is 19.1 Å². The number of ether oxygens (including phenoxy) is 1. The van der Waals surface area contributed by atoms with E-state index in [0.29, 0.717) is 6.54 Å². The molecule has 0 bridgehead atoms. The number of fused-ring (bicyclic) bond motifs is 1. The summed E-state index contributed by atoms with van der Waals surface area (Å²) >= 11 is 0. The fourth-order valence-corrected chi connectivity index (χ4v) is 2.17. The molecule has 1 amide bonds. The van der Waals surface area contributed by atoms with Gasteiger partial charge in [0.15, 0.2) is 0 Å². The third-order valence-electron chi connectivity index (χ3n) is 3.35. The van der Waals surface area contributed by atoms with E-state index in [2.05, 4.69) is 29.7 Å². The summed E-state index contributed by atoms with van der Waals surface area (Å²) in [6, 6.07) is 6.42. The Balaban J connectivity index is 1.86. The first kappa shape index (κ1) is 13.9. The maximum Gasteiger partial charge on any atom is 0.233 e. The van der Waals surface area contributed by atoms with E-state index in [0.717, 1.165) is 31.7 Å². The highest BCUT2D eigenvalue weighted by Gasteiger charge is 2.14. The van der Waals surface area contributed by atoms with Crippen molar-refractivity contribution in [3.05, 3.63) is 29.3 Å². The summed E-state index contributed by atoms with van der Waals surface area (Å²) in [5.74, 6) is 1.05. The molecule has 19 heavy (non-hydrogen) atoms. The van der Waals surface area contributed by atoms with Gasteiger partial charge >= 0.3 is 0 Å². The van der Waals surface area contributed by atoms with Gasteiger partial charge in [0, 0.05) is 19.0 Å². The minimum atomic E-state index is 0.0539. The van der Waals surface area contributed by atoms with E-state index in [-0.39, 0.29) is 11.9 Å². The second-order valence-corrected chi connectivity index (χ2v) is 4.92. The Bertz CT molecular complexity index is 446. The van der Waals surface area contributed by atoms with Crippen molar-refractivity contribution in [2.45, 2.75) is 32.7 Å². The predicted octanol–water partition coefficient (Wildman–Crippen LogP) is 1.80. The molecule has 4 heteroatoms. The van der Waals surface area contributed by atoms with Gasteiger partial charge in [-0.05, 0) is 30.5 Å². The third kappa shape index (κ3) is 3.70. The van der Waals surface area contributed by atoms with Gasteiger partial charge in [-0.2, -0.15) is 0 Å². The van der Waals surface area contributed by atoms with Crippen molar-refractivity contribution >= 4 is 5.91 Å². The normalized spacial score (nSPS) is 14.6. The van der Waals surface area contributed by atoms with Crippen molar-refractivity contribution in [3.63, 3.8) is 0 Å². The molecule has 0 aliphatic carbocycles. The van der Waals surface area contributed by atoms with Gasteiger partial charge in [-0.3, -0.25) is 4.79 Å². The van der Waals surface area contributed by atoms with E-state index in [4.69, 9.17) is 4.74 Å². The Labute approximate surface area is 114 Å². The van der Waals surface area contributed by atoms with Crippen molar-refractivity contribution in [2.75, 3.05) is 19.7 Å². The summed E-state index contributed by atoms with van der Waals surface area (Å²) in [5, 5.41) is 6.11. The first-order chi connectivity index (χ1) is 9.20. The number of nitrogens with one attached hydrogen (secondary N) is 2. The number of rotatable bonds is 6. The number of carbonyl (C=O) groups is 1. The van der Waals surface area contributed by atoms with Gasteiger partial charge in [-0.15, -0.1) is 0 Å². The van der Waals surface area contributed by atoms with Crippen LogP contribution in [0.15, 0.2) is 18.2 Å². The minimum absolute atomic E-state index is 0.0539. The SMILES string of the molecule is CCCNC(=O)CNC(C)c1ccc2c(c1)CCO2. The molecule has 0 aromatic heterocycles. The molecule has 2 N–H and O–H groups in total. The molecular formula is C15H22N2O2. The van der Waals surface area contributed by atoms with E-state index in [1.807, 2.05) is 13.0 Å². The van der Waals surface area contributed by atoms with Crippen molar-refractivity contribution < 1.29 is 9.53 Å². The summed E-state index contributed by atoms with van der Waals surface area (Å²) in [6.07, 6.45) is 1.94. The molecule has 1 atom stereocenters. The molecule has 0 saturated heterocycles. The fourth-order valence-electron chi connectivity index (χ4n) is 2.17. The van der Waals surface area contributed by atoms with Crippen LogP contribution in [0.2, 0.25) is 0 Å². The van der Waals surface area contributed by atoms with Crippen molar-refractivity contribution in [3.8, 4) is 5.75 Å². The maximum absolute atomic E-state index is 11.5. The molecule has 1 aromatic carbocycles. The van der Waals surface area contributed by atoms with Crippen LogP contribution in [0.25, 0.3) is 0 Å². The zero-order valence-corrected chi connectivity index (χ0v) is 11.7. The van der Waals surface area contributed by atoms with Crippen LogP contribution in [0.4, 0.5) is 0 Å². The molecule has 1 heterocycles. The molecular weight excluding hydrogens is 240 g/mol. The van der Waals surface area contributed by atoms with E-state index >= 15 is 0 Å². The zero-order chi connectivity index (χ0) is 13.7. The highest BCUT2D eigenvalue weighted by atomic mass is 16.5. The van der Waals surface area contributed by atoms with Crippen molar-refractivity contribution in [2.24, 2.45) is 0 Å². The van der Waals surface area contributed by atoms with Gasteiger partial charge in [0.2, 0.25) is 5.91 Å². The average Bonchev–Trinajstić information content (AvgIpc) is 2.89. The smallest absolute Gasteiger partial charge is 0.233 e. The Hall–Kier alpha value is -1.55. The van der Waals surface area contributed by atoms with Crippen LogP contribution in [-0.4, -0.2) is 25.6 Å². The lowest BCUT2D eigenvalue weighted by atomic mass is 10.0. The van der Waals surface area contributed by atoms with Crippen LogP contribution < -0.4 is 15.4 Å². The second kappa shape index (κ2) is 6.57. The van der Waals surface area contributed by atoms with Crippen LogP contribution in [0.5, 0.6) is 5.75 Å². The van der Waals surface area contributed by atoms with Crippen LogP contribution in [0.1, 0.15) is 37.4 Å². The van der Waals surface area contributed by atoms with Gasteiger partial charge in [-0.25, -0.2) is 0 Å². The van der Waals surface area contributed by atoms with Crippen LogP contribution in [0.3, 0.4) is 0 Å². The molecule has 0 spiro atoms. The van der Waals surface area contributed by atoms with E-state index in [9.17, 15) is 4.79 Å². The molecule has 1 unspecified atom stereocenters. The minimum Gasteiger partial charge on any atom is -0.493 e. The van der Waals surface area contributed by atoms with Crippen molar-refractivity contribution in [1.29, 1.82) is 0 Å².